The highest BCUT2D eigenvalue weighted by atomic mass is 35.5. The first kappa shape index (κ1) is 23.6. The van der Waals surface area contributed by atoms with Gasteiger partial charge in [-0.15, -0.1) is 23.7 Å². The van der Waals surface area contributed by atoms with Crippen LogP contribution in [0.25, 0.3) is 10.2 Å². The molecule has 0 unspecified atom stereocenters. The first-order chi connectivity index (χ1) is 14.8. The lowest BCUT2D eigenvalue weighted by atomic mass is 10.1. The number of nitrogens with zero attached hydrogens (tertiary/aromatic N) is 1. The van der Waals surface area contributed by atoms with Crippen LogP contribution in [0.1, 0.15) is 33.0 Å². The van der Waals surface area contributed by atoms with Crippen LogP contribution in [0.15, 0.2) is 10.9 Å². The summed E-state index contributed by atoms with van der Waals surface area (Å²) in [5.41, 5.74) is 6.07. The van der Waals surface area contributed by atoms with Gasteiger partial charge in [0.1, 0.15) is 4.83 Å². The highest BCUT2D eigenvalue weighted by molar-refractivity contribution is 7.18. The van der Waals surface area contributed by atoms with Crippen LogP contribution in [0.3, 0.4) is 0 Å². The van der Waals surface area contributed by atoms with E-state index >= 15 is 0 Å². The van der Waals surface area contributed by atoms with E-state index < -0.39 is 23.5 Å². The number of hydrogen-bond acceptors (Lipinski definition) is 7. The number of fused-ring (bicyclic) bond motifs is 4. The molecule has 0 bridgehead atoms. The number of carboxylic acids is 1. The number of carboxylic acid groups (broad SMARTS) is 1. The van der Waals surface area contributed by atoms with E-state index in [1.807, 2.05) is 0 Å². The zero-order valence-electron chi connectivity index (χ0n) is 16.3. The number of aromatic carboxylic acids is 1. The van der Waals surface area contributed by atoms with Crippen molar-refractivity contribution >= 4 is 51.5 Å². The third-order valence-electron chi connectivity index (χ3n) is 4.86. The fourth-order valence-electron chi connectivity index (χ4n) is 3.47. The van der Waals surface area contributed by atoms with Gasteiger partial charge in [0, 0.05) is 17.0 Å². The molecular formula is C19H17ClF2N4O5S. The summed E-state index contributed by atoms with van der Waals surface area (Å²) in [7, 11) is 0. The fraction of sp³-hybridized carbons (Fsp3) is 0.263. The quantitative estimate of drug-likeness (QED) is 0.434. The second-order valence-corrected chi connectivity index (χ2v) is 7.92. The van der Waals surface area contributed by atoms with Crippen LogP contribution in [-0.2, 0) is 24.2 Å². The average molecular weight is 487 g/mol. The van der Waals surface area contributed by atoms with Crippen molar-refractivity contribution in [3.05, 3.63) is 49.9 Å². The van der Waals surface area contributed by atoms with Crippen molar-refractivity contribution in [3.8, 4) is 5.75 Å². The number of H-pyrrole nitrogens is 1. The monoisotopic (exact) mass is 486 g/mol. The van der Waals surface area contributed by atoms with Crippen molar-refractivity contribution in [2.24, 2.45) is 5.73 Å². The molecule has 0 saturated heterocycles. The van der Waals surface area contributed by atoms with E-state index in [0.717, 1.165) is 24.8 Å². The highest BCUT2D eigenvalue weighted by Gasteiger charge is 2.25. The SMILES string of the molecule is Cl.NCc1cc2c(c(F)c1F)OCC(=O)N2.O=C(O)c1nc2sc3c(c2c(=O)[nH]1)CCC3. The van der Waals surface area contributed by atoms with E-state index in [9.17, 15) is 23.2 Å². The molecule has 9 nitrogen and oxygen atoms in total. The number of nitrogens with two attached hydrogens (primary N) is 1. The molecule has 0 fully saturated rings. The summed E-state index contributed by atoms with van der Waals surface area (Å²) in [6.45, 7) is -0.461. The van der Waals surface area contributed by atoms with E-state index in [4.69, 9.17) is 15.6 Å². The zero-order valence-corrected chi connectivity index (χ0v) is 17.9. The number of hydrogen-bond donors (Lipinski definition) is 4. The molecule has 5 N–H and O–H groups in total. The minimum Gasteiger partial charge on any atom is -0.478 e. The second-order valence-electron chi connectivity index (χ2n) is 6.84. The molecule has 32 heavy (non-hydrogen) atoms. The Bertz CT molecular complexity index is 1290. The smallest absolute Gasteiger partial charge is 0.372 e. The minimum atomic E-state index is -1.20. The van der Waals surface area contributed by atoms with Crippen molar-refractivity contribution in [2.45, 2.75) is 25.8 Å². The molecule has 1 aliphatic carbocycles. The lowest BCUT2D eigenvalue weighted by Gasteiger charge is -2.19. The number of benzene rings is 1. The molecule has 3 aromatic rings. The van der Waals surface area contributed by atoms with Crippen molar-refractivity contribution in [1.29, 1.82) is 0 Å². The summed E-state index contributed by atoms with van der Waals surface area (Å²) in [6, 6.07) is 1.27. The number of anilines is 1. The zero-order chi connectivity index (χ0) is 22.3. The Morgan fingerprint density at radius 2 is 2.03 bits per heavy atom. The molecule has 5 rings (SSSR count). The molecule has 1 amide bonds. The molecule has 13 heteroatoms. The molecular weight excluding hydrogens is 470 g/mol. The van der Waals surface area contributed by atoms with Gasteiger partial charge in [-0.1, -0.05) is 0 Å². The van der Waals surface area contributed by atoms with Gasteiger partial charge in [0.05, 0.1) is 11.1 Å². The number of carbonyl (C=O) groups is 2. The Kier molecular flexibility index (Phi) is 6.77. The molecule has 2 aliphatic rings. The minimum absolute atomic E-state index is 0. The van der Waals surface area contributed by atoms with Gasteiger partial charge in [-0.2, -0.15) is 4.39 Å². The van der Waals surface area contributed by atoms with Crippen molar-refractivity contribution in [2.75, 3.05) is 11.9 Å². The highest BCUT2D eigenvalue weighted by Crippen LogP contribution is 2.35. The normalized spacial score (nSPS) is 13.8. The number of nitrogens with one attached hydrogen (secondary N) is 2. The predicted octanol–water partition coefficient (Wildman–Crippen LogP) is 2.35. The maximum Gasteiger partial charge on any atom is 0.372 e. The summed E-state index contributed by atoms with van der Waals surface area (Å²) >= 11 is 1.44. The summed E-state index contributed by atoms with van der Waals surface area (Å²) in [4.78, 5) is 41.4. The number of carbonyl (C=O) groups excluding carboxylic acids is 1. The van der Waals surface area contributed by atoms with Crippen LogP contribution in [0.5, 0.6) is 5.75 Å². The Morgan fingerprint density at radius 3 is 2.72 bits per heavy atom. The maximum atomic E-state index is 13.4. The number of halogens is 3. The summed E-state index contributed by atoms with van der Waals surface area (Å²) in [5, 5.41) is 11.8. The van der Waals surface area contributed by atoms with E-state index in [-0.39, 0.29) is 53.9 Å². The first-order valence-electron chi connectivity index (χ1n) is 9.21. The number of amides is 1. The molecule has 170 valence electrons. The van der Waals surface area contributed by atoms with E-state index in [1.54, 1.807) is 0 Å². The van der Waals surface area contributed by atoms with Gasteiger partial charge in [-0.05, 0) is 30.9 Å². The van der Waals surface area contributed by atoms with Crippen LogP contribution >= 0.6 is 23.7 Å². The number of rotatable bonds is 2. The average Bonchev–Trinajstić information content (AvgIpc) is 3.31. The lowest BCUT2D eigenvalue weighted by molar-refractivity contribution is -0.118. The van der Waals surface area contributed by atoms with Gasteiger partial charge < -0.3 is 25.9 Å². The maximum absolute atomic E-state index is 13.4. The predicted molar refractivity (Wildman–Crippen MR) is 115 cm³/mol. The van der Waals surface area contributed by atoms with E-state index in [1.165, 1.54) is 22.3 Å². The number of aromatic nitrogens is 2. The van der Waals surface area contributed by atoms with Crippen LogP contribution in [0.4, 0.5) is 14.5 Å². The third-order valence-corrected chi connectivity index (χ3v) is 6.04. The summed E-state index contributed by atoms with van der Waals surface area (Å²) < 4.78 is 31.4. The first-order valence-corrected chi connectivity index (χ1v) is 10.0. The molecule has 0 spiro atoms. The molecule has 0 radical (unpaired) electrons. The van der Waals surface area contributed by atoms with E-state index in [2.05, 4.69) is 15.3 Å². The van der Waals surface area contributed by atoms with Crippen LogP contribution in [-0.4, -0.2) is 33.6 Å². The Morgan fingerprint density at radius 1 is 1.28 bits per heavy atom. The van der Waals surface area contributed by atoms with Gasteiger partial charge in [-0.3, -0.25) is 9.59 Å². The number of aromatic amines is 1. The molecule has 1 aromatic carbocycles. The largest absolute Gasteiger partial charge is 0.478 e. The van der Waals surface area contributed by atoms with Gasteiger partial charge in [0.2, 0.25) is 11.6 Å². The molecule has 0 atom stereocenters. The number of ether oxygens (including phenoxy) is 1. The summed E-state index contributed by atoms with van der Waals surface area (Å²) in [6.07, 6.45) is 2.93. The van der Waals surface area contributed by atoms with Crippen molar-refractivity contribution in [3.63, 3.8) is 0 Å². The molecule has 2 aromatic heterocycles. The summed E-state index contributed by atoms with van der Waals surface area (Å²) in [5.74, 6) is -4.31. The Labute approximate surface area is 189 Å². The molecule has 3 heterocycles. The van der Waals surface area contributed by atoms with Crippen molar-refractivity contribution in [1.82, 2.24) is 9.97 Å². The van der Waals surface area contributed by atoms with Gasteiger partial charge in [0.25, 0.3) is 11.5 Å². The lowest BCUT2D eigenvalue weighted by Crippen LogP contribution is -2.26. The van der Waals surface area contributed by atoms with Crippen LogP contribution < -0.4 is 21.3 Å². The Hall–Kier alpha value is -3.09. The van der Waals surface area contributed by atoms with Crippen LogP contribution in [0.2, 0.25) is 0 Å². The van der Waals surface area contributed by atoms with Crippen molar-refractivity contribution < 1.29 is 28.2 Å². The molecule has 1 aliphatic heterocycles. The molecule has 0 saturated carbocycles. The number of aryl methyl sites for hydroxylation is 2. The van der Waals surface area contributed by atoms with Gasteiger partial charge in [-0.25, -0.2) is 14.2 Å². The third kappa shape index (κ3) is 4.16. The van der Waals surface area contributed by atoms with E-state index in [0.29, 0.717) is 10.2 Å². The number of thiophene rings is 1. The topological polar surface area (TPSA) is 147 Å². The fourth-order valence-corrected chi connectivity index (χ4v) is 4.73. The Balaban J connectivity index is 0.000000176. The van der Waals surface area contributed by atoms with Crippen LogP contribution in [0, 0.1) is 11.6 Å². The second kappa shape index (κ2) is 9.18. The van der Waals surface area contributed by atoms with Gasteiger partial charge in [0.15, 0.2) is 18.2 Å². The van der Waals surface area contributed by atoms with Gasteiger partial charge >= 0.3 is 5.97 Å². The standard InChI is InChI=1S/C10H8N2O3S.C9H8F2N2O2.ClH/c13-8-6-4-2-1-3-5(4)16-9(6)12-7(11-8)10(14)15;10-7-4(2-12)1-5-9(8(7)11)15-3-6(14)13-5;/h1-3H2,(H,14,15)(H,11,12,13);1H,2-3,12H2,(H,13,14);1H.